The monoisotopic (exact) mass is 344 g/mol. The van der Waals surface area contributed by atoms with Crippen LogP contribution in [0.5, 0.6) is 0 Å². The highest BCUT2D eigenvalue weighted by Crippen LogP contribution is 2.31. The Balaban J connectivity index is 2.00. The fourth-order valence-electron chi connectivity index (χ4n) is 2.46. The van der Waals surface area contributed by atoms with E-state index < -0.39 is 15.1 Å². The average molecular weight is 345 g/mol. The molecule has 0 radical (unpaired) electrons. The molecule has 0 amide bonds. The van der Waals surface area contributed by atoms with E-state index >= 15 is 0 Å². The second kappa shape index (κ2) is 5.30. The summed E-state index contributed by atoms with van der Waals surface area (Å²) in [4.78, 5) is 6.53. The van der Waals surface area contributed by atoms with Gasteiger partial charge in [0.2, 0.25) is 0 Å². The Morgan fingerprint density at radius 3 is 2.67 bits per heavy atom. The van der Waals surface area contributed by atoms with Gasteiger partial charge in [-0.2, -0.15) is 0 Å². The molecule has 0 N–H and O–H groups in total. The van der Waals surface area contributed by atoms with Crippen LogP contribution in [0.1, 0.15) is 6.92 Å². The van der Waals surface area contributed by atoms with Crippen molar-refractivity contribution in [3.63, 3.8) is 0 Å². The maximum Gasteiger partial charge on any atom is 0.156 e. The zero-order valence-electron chi connectivity index (χ0n) is 11.4. The van der Waals surface area contributed by atoms with Gasteiger partial charge in [0, 0.05) is 18.5 Å². The average Bonchev–Trinajstić information content (AvgIpc) is 2.46. The van der Waals surface area contributed by atoms with Crippen molar-refractivity contribution in [2.75, 3.05) is 23.7 Å². The molecule has 7 heteroatoms. The van der Waals surface area contributed by atoms with Crippen LogP contribution in [0.4, 0.5) is 5.82 Å². The number of sulfone groups is 1. The van der Waals surface area contributed by atoms with Gasteiger partial charge in [0.05, 0.1) is 26.6 Å². The van der Waals surface area contributed by atoms with Crippen molar-refractivity contribution in [3.8, 4) is 0 Å². The molecule has 1 aromatic carbocycles. The zero-order valence-corrected chi connectivity index (χ0v) is 13.7. The maximum atomic E-state index is 11.8. The summed E-state index contributed by atoms with van der Waals surface area (Å²) in [5, 5.41) is 1.40. The summed E-state index contributed by atoms with van der Waals surface area (Å²) >= 11 is 12.2. The Bertz CT molecular complexity index is 808. The van der Waals surface area contributed by atoms with Gasteiger partial charge in [0.15, 0.2) is 9.84 Å². The van der Waals surface area contributed by atoms with Crippen LogP contribution in [0.15, 0.2) is 24.3 Å². The number of hydrogen-bond acceptors (Lipinski definition) is 4. The van der Waals surface area contributed by atoms with Crippen LogP contribution < -0.4 is 4.90 Å². The van der Waals surface area contributed by atoms with Gasteiger partial charge >= 0.3 is 0 Å². The third kappa shape index (κ3) is 2.70. The number of aromatic nitrogens is 1. The van der Waals surface area contributed by atoms with Crippen LogP contribution in [-0.2, 0) is 9.84 Å². The van der Waals surface area contributed by atoms with Crippen LogP contribution in [0.2, 0.25) is 10.0 Å². The Kier molecular flexibility index (Phi) is 3.76. The molecule has 3 rings (SSSR count). The van der Waals surface area contributed by atoms with Crippen LogP contribution in [0.25, 0.3) is 10.9 Å². The molecule has 0 bridgehead atoms. The van der Waals surface area contributed by atoms with E-state index in [0.717, 1.165) is 11.2 Å². The number of benzene rings is 1. The van der Waals surface area contributed by atoms with Crippen molar-refractivity contribution in [2.24, 2.45) is 0 Å². The minimum absolute atomic E-state index is 0.150. The largest absolute Gasteiger partial charge is 0.354 e. The van der Waals surface area contributed by atoms with Crippen LogP contribution in [-0.4, -0.2) is 37.5 Å². The van der Waals surface area contributed by atoms with Crippen LogP contribution >= 0.6 is 23.2 Å². The van der Waals surface area contributed by atoms with Gasteiger partial charge in [0.25, 0.3) is 0 Å². The van der Waals surface area contributed by atoms with Crippen molar-refractivity contribution in [3.05, 3.63) is 34.3 Å². The zero-order chi connectivity index (χ0) is 15.2. The summed E-state index contributed by atoms with van der Waals surface area (Å²) in [7, 11) is -2.98. The third-order valence-electron chi connectivity index (χ3n) is 3.80. The lowest BCUT2D eigenvalue weighted by Gasteiger charge is -2.31. The lowest BCUT2D eigenvalue weighted by atomic mass is 10.2. The van der Waals surface area contributed by atoms with E-state index in [0.29, 0.717) is 28.7 Å². The highest BCUT2D eigenvalue weighted by molar-refractivity contribution is 7.92. The maximum absolute atomic E-state index is 11.8. The molecule has 21 heavy (non-hydrogen) atoms. The van der Waals surface area contributed by atoms with E-state index in [-0.39, 0.29) is 5.75 Å². The number of hydrogen-bond donors (Lipinski definition) is 0. The van der Waals surface area contributed by atoms with Gasteiger partial charge in [-0.3, -0.25) is 0 Å². The summed E-state index contributed by atoms with van der Waals surface area (Å²) in [5.74, 6) is 0.880. The predicted molar refractivity (Wildman–Crippen MR) is 87.2 cm³/mol. The molecule has 1 atom stereocenters. The highest BCUT2D eigenvalue weighted by Gasteiger charge is 2.30. The first-order chi connectivity index (χ1) is 9.88. The minimum atomic E-state index is -2.98. The van der Waals surface area contributed by atoms with E-state index in [2.05, 4.69) is 4.98 Å². The van der Waals surface area contributed by atoms with Crippen LogP contribution in [0, 0.1) is 0 Å². The molecule has 1 fully saturated rings. The summed E-state index contributed by atoms with van der Waals surface area (Å²) in [6, 6.07) is 7.41. The Labute approximate surface area is 133 Å². The molecule has 1 unspecified atom stereocenters. The van der Waals surface area contributed by atoms with Gasteiger partial charge in [-0.1, -0.05) is 29.3 Å². The molecule has 2 aromatic rings. The fourth-order valence-corrected chi connectivity index (χ4v) is 4.11. The Hall–Kier alpha value is -1.04. The normalized spacial score (nSPS) is 21.7. The van der Waals surface area contributed by atoms with Gasteiger partial charge < -0.3 is 4.90 Å². The topological polar surface area (TPSA) is 50.3 Å². The minimum Gasteiger partial charge on any atom is -0.354 e. The lowest BCUT2D eigenvalue weighted by Crippen LogP contribution is -2.45. The molecule has 1 aliphatic rings. The van der Waals surface area contributed by atoms with Crippen molar-refractivity contribution >= 4 is 49.8 Å². The first kappa shape index (κ1) is 14.9. The molecule has 1 aliphatic heterocycles. The first-order valence-corrected chi connectivity index (χ1v) is 9.07. The second-order valence-electron chi connectivity index (χ2n) is 5.23. The number of nitrogens with zero attached hydrogens (tertiary/aromatic N) is 2. The second-order valence-corrected chi connectivity index (χ2v) is 8.55. The van der Waals surface area contributed by atoms with Gasteiger partial charge in [0.1, 0.15) is 5.82 Å². The molecular weight excluding hydrogens is 331 g/mol. The quantitative estimate of drug-likeness (QED) is 0.797. The Morgan fingerprint density at radius 1 is 1.24 bits per heavy atom. The molecule has 0 aliphatic carbocycles. The standard InChI is InChI=1S/C14H14Cl2N2O2S/c1-9-8-18(6-7-21(9,19)20)12-5-3-10-2-4-11(15)13(16)14(10)17-12/h2-5,9H,6-8H2,1H3. The predicted octanol–water partition coefficient (Wildman–Crippen LogP) is 3.16. The first-order valence-electron chi connectivity index (χ1n) is 6.60. The smallest absolute Gasteiger partial charge is 0.156 e. The Morgan fingerprint density at radius 2 is 1.95 bits per heavy atom. The summed E-state index contributed by atoms with van der Waals surface area (Å²) in [6.07, 6.45) is 0. The molecule has 0 saturated carbocycles. The molecule has 112 valence electrons. The molecule has 1 aromatic heterocycles. The summed E-state index contributed by atoms with van der Waals surface area (Å²) in [5.41, 5.74) is 0.641. The van der Waals surface area contributed by atoms with E-state index in [1.54, 1.807) is 13.0 Å². The van der Waals surface area contributed by atoms with E-state index in [1.165, 1.54) is 0 Å². The lowest BCUT2D eigenvalue weighted by molar-refractivity contribution is 0.568. The molecule has 2 heterocycles. The molecule has 0 spiro atoms. The highest BCUT2D eigenvalue weighted by atomic mass is 35.5. The van der Waals surface area contributed by atoms with Crippen molar-refractivity contribution in [2.45, 2.75) is 12.2 Å². The molecular formula is C14H14Cl2N2O2S. The van der Waals surface area contributed by atoms with Gasteiger partial charge in [-0.05, 0) is 25.1 Å². The van der Waals surface area contributed by atoms with Gasteiger partial charge in [-0.15, -0.1) is 0 Å². The molecule has 1 saturated heterocycles. The molecule has 4 nitrogen and oxygen atoms in total. The van der Waals surface area contributed by atoms with Gasteiger partial charge in [-0.25, -0.2) is 13.4 Å². The summed E-state index contributed by atoms with van der Waals surface area (Å²) < 4.78 is 23.6. The van der Waals surface area contributed by atoms with Crippen LogP contribution in [0.3, 0.4) is 0 Å². The van der Waals surface area contributed by atoms with Crippen molar-refractivity contribution in [1.29, 1.82) is 0 Å². The van der Waals surface area contributed by atoms with E-state index in [1.807, 2.05) is 23.1 Å². The number of halogens is 2. The number of pyridine rings is 1. The van der Waals surface area contributed by atoms with E-state index in [9.17, 15) is 8.42 Å². The van der Waals surface area contributed by atoms with E-state index in [4.69, 9.17) is 23.2 Å². The number of rotatable bonds is 1. The summed E-state index contributed by atoms with van der Waals surface area (Å²) in [6.45, 7) is 2.62. The third-order valence-corrected chi connectivity index (χ3v) is 6.72. The number of fused-ring (bicyclic) bond motifs is 1. The number of anilines is 1. The van der Waals surface area contributed by atoms with Crippen molar-refractivity contribution in [1.82, 2.24) is 4.98 Å². The fraction of sp³-hybridized carbons (Fsp3) is 0.357. The van der Waals surface area contributed by atoms with Crippen molar-refractivity contribution < 1.29 is 8.42 Å². The SMILES string of the molecule is CC1CN(c2ccc3ccc(Cl)c(Cl)c3n2)CCS1(=O)=O.